The van der Waals surface area contributed by atoms with Gasteiger partial charge >= 0.3 is 0 Å². The first-order valence-corrected chi connectivity index (χ1v) is 6.83. The number of halogens is 2. The molecule has 1 aromatic rings. The molecule has 1 amide bonds. The fourth-order valence-electron chi connectivity index (χ4n) is 2.44. The van der Waals surface area contributed by atoms with Crippen molar-refractivity contribution < 1.29 is 14.3 Å². The van der Waals surface area contributed by atoms with Crippen LogP contribution in [0.2, 0.25) is 5.02 Å². The average Bonchev–Trinajstić information content (AvgIpc) is 2.76. The maximum Gasteiger partial charge on any atom is 0.227 e. The second kappa shape index (κ2) is 6.08. The van der Waals surface area contributed by atoms with Crippen LogP contribution >= 0.6 is 11.6 Å². The van der Waals surface area contributed by atoms with Crippen molar-refractivity contribution >= 4 is 17.5 Å². The standard InChI is InChI=1S/C14H18ClFN2O2/c1-17(2)12-7-18(8-13(12)19)14(20)6-9-10(15)4-3-5-11(9)16/h3-5,12-13,19H,6-8H2,1-2H3/t12-,13-/m1/s1. The summed E-state index contributed by atoms with van der Waals surface area (Å²) in [5.74, 6) is -0.699. The SMILES string of the molecule is CN(C)[C@@H]1CN(C(=O)Cc2c(F)cccc2Cl)C[C@H]1O. The summed E-state index contributed by atoms with van der Waals surface area (Å²) in [6.45, 7) is 0.715. The van der Waals surface area contributed by atoms with Gasteiger partial charge in [-0.25, -0.2) is 4.39 Å². The zero-order chi connectivity index (χ0) is 14.9. The number of carbonyl (C=O) groups is 1. The van der Waals surface area contributed by atoms with Gasteiger partial charge in [0.15, 0.2) is 0 Å². The highest BCUT2D eigenvalue weighted by molar-refractivity contribution is 6.31. The van der Waals surface area contributed by atoms with Crippen molar-refractivity contribution in [3.63, 3.8) is 0 Å². The molecule has 2 rings (SSSR count). The van der Waals surface area contributed by atoms with Gasteiger partial charge in [-0.05, 0) is 26.2 Å². The number of rotatable bonds is 3. The Morgan fingerprint density at radius 3 is 2.75 bits per heavy atom. The van der Waals surface area contributed by atoms with Crippen molar-refractivity contribution in [1.82, 2.24) is 9.80 Å². The number of likely N-dealkylation sites (tertiary alicyclic amines) is 1. The van der Waals surface area contributed by atoms with Crippen LogP contribution < -0.4 is 0 Å². The van der Waals surface area contributed by atoms with E-state index in [0.29, 0.717) is 6.54 Å². The number of hydrogen-bond donors (Lipinski definition) is 1. The molecule has 6 heteroatoms. The van der Waals surface area contributed by atoms with Crippen molar-refractivity contribution in [3.05, 3.63) is 34.6 Å². The Morgan fingerprint density at radius 1 is 1.50 bits per heavy atom. The number of β-amino-alcohol motifs (C(OH)–C–C–N with tert-alkyl or cyclic N) is 1. The third-order valence-corrected chi connectivity index (χ3v) is 4.02. The maximum atomic E-state index is 13.7. The molecule has 0 bridgehead atoms. The minimum Gasteiger partial charge on any atom is -0.390 e. The second-order valence-electron chi connectivity index (χ2n) is 5.27. The lowest BCUT2D eigenvalue weighted by molar-refractivity contribution is -0.129. The molecular formula is C14H18ClFN2O2. The minimum absolute atomic E-state index is 0.0849. The minimum atomic E-state index is -0.579. The zero-order valence-corrected chi connectivity index (χ0v) is 12.3. The Balaban J connectivity index is 2.07. The predicted octanol–water partition coefficient (Wildman–Crippen LogP) is 1.15. The fraction of sp³-hybridized carbons (Fsp3) is 0.500. The van der Waals surface area contributed by atoms with Gasteiger partial charge in [-0.15, -0.1) is 0 Å². The summed E-state index contributed by atoms with van der Waals surface area (Å²) < 4.78 is 13.7. The first-order valence-electron chi connectivity index (χ1n) is 6.45. The van der Waals surface area contributed by atoms with E-state index >= 15 is 0 Å². The fourth-order valence-corrected chi connectivity index (χ4v) is 2.67. The molecule has 1 saturated heterocycles. The molecule has 1 heterocycles. The molecule has 0 unspecified atom stereocenters. The topological polar surface area (TPSA) is 43.8 Å². The van der Waals surface area contributed by atoms with E-state index in [0.717, 1.165) is 0 Å². The Labute approximate surface area is 122 Å². The summed E-state index contributed by atoms with van der Waals surface area (Å²) in [5.41, 5.74) is 0.210. The third kappa shape index (κ3) is 3.11. The predicted molar refractivity (Wildman–Crippen MR) is 75.2 cm³/mol. The summed E-state index contributed by atoms with van der Waals surface area (Å²) in [6, 6.07) is 4.27. The summed E-state index contributed by atoms with van der Waals surface area (Å²) in [5, 5.41) is 10.2. The van der Waals surface area contributed by atoms with E-state index in [9.17, 15) is 14.3 Å². The van der Waals surface area contributed by atoms with Gasteiger partial charge in [-0.3, -0.25) is 4.79 Å². The molecule has 0 aromatic heterocycles. The molecule has 1 fully saturated rings. The smallest absolute Gasteiger partial charge is 0.227 e. The Bertz CT molecular complexity index is 490. The molecule has 4 nitrogen and oxygen atoms in total. The number of benzene rings is 1. The van der Waals surface area contributed by atoms with E-state index in [4.69, 9.17) is 11.6 Å². The third-order valence-electron chi connectivity index (χ3n) is 3.66. The zero-order valence-electron chi connectivity index (χ0n) is 11.5. The maximum absolute atomic E-state index is 13.7. The van der Waals surface area contributed by atoms with Gasteiger partial charge in [0.2, 0.25) is 5.91 Å². The van der Waals surface area contributed by atoms with Crippen molar-refractivity contribution in [2.75, 3.05) is 27.2 Å². The molecule has 1 N–H and O–H groups in total. The molecule has 2 atom stereocenters. The van der Waals surface area contributed by atoms with E-state index in [1.807, 2.05) is 19.0 Å². The van der Waals surface area contributed by atoms with Gasteiger partial charge < -0.3 is 14.9 Å². The highest BCUT2D eigenvalue weighted by atomic mass is 35.5. The molecule has 1 aromatic carbocycles. The molecule has 20 heavy (non-hydrogen) atoms. The summed E-state index contributed by atoms with van der Waals surface area (Å²) in [6.07, 6.45) is -0.664. The molecular weight excluding hydrogens is 283 g/mol. The van der Waals surface area contributed by atoms with E-state index in [-0.39, 0.29) is 35.5 Å². The van der Waals surface area contributed by atoms with Crippen molar-refractivity contribution in [3.8, 4) is 0 Å². The summed E-state index contributed by atoms with van der Waals surface area (Å²) in [4.78, 5) is 15.6. The quantitative estimate of drug-likeness (QED) is 0.911. The van der Waals surface area contributed by atoms with Gasteiger partial charge in [-0.1, -0.05) is 17.7 Å². The van der Waals surface area contributed by atoms with Gasteiger partial charge in [0, 0.05) is 23.7 Å². The number of aliphatic hydroxyl groups excluding tert-OH is 1. The number of aliphatic hydroxyl groups is 1. The van der Waals surface area contributed by atoms with Crippen molar-refractivity contribution in [2.24, 2.45) is 0 Å². The van der Waals surface area contributed by atoms with Gasteiger partial charge in [0.1, 0.15) is 5.82 Å². The number of carbonyl (C=O) groups excluding carboxylic acids is 1. The average molecular weight is 301 g/mol. The van der Waals surface area contributed by atoms with E-state index < -0.39 is 11.9 Å². The van der Waals surface area contributed by atoms with E-state index in [1.165, 1.54) is 12.1 Å². The van der Waals surface area contributed by atoms with E-state index in [2.05, 4.69) is 0 Å². The first-order chi connectivity index (χ1) is 9.40. The number of likely N-dealkylation sites (N-methyl/N-ethyl adjacent to an activating group) is 1. The molecule has 0 radical (unpaired) electrons. The summed E-state index contributed by atoms with van der Waals surface area (Å²) in [7, 11) is 3.71. The van der Waals surface area contributed by atoms with Gasteiger partial charge in [-0.2, -0.15) is 0 Å². The highest BCUT2D eigenvalue weighted by Gasteiger charge is 2.35. The van der Waals surface area contributed by atoms with Crippen LogP contribution in [0.3, 0.4) is 0 Å². The number of amides is 1. The van der Waals surface area contributed by atoms with Crippen LogP contribution in [0, 0.1) is 5.82 Å². The van der Waals surface area contributed by atoms with Crippen LogP contribution in [0.5, 0.6) is 0 Å². The monoisotopic (exact) mass is 300 g/mol. The van der Waals surface area contributed by atoms with Crippen LogP contribution in [0.25, 0.3) is 0 Å². The Morgan fingerprint density at radius 2 is 2.20 bits per heavy atom. The Hall–Kier alpha value is -1.17. The molecule has 1 aliphatic rings. The highest BCUT2D eigenvalue weighted by Crippen LogP contribution is 2.22. The lowest BCUT2D eigenvalue weighted by atomic mass is 10.1. The normalized spacial score (nSPS) is 22.6. The summed E-state index contributed by atoms with van der Waals surface area (Å²) >= 11 is 5.92. The molecule has 1 aliphatic heterocycles. The van der Waals surface area contributed by atoms with Crippen LogP contribution in [-0.4, -0.2) is 60.1 Å². The number of nitrogens with zero attached hydrogens (tertiary/aromatic N) is 2. The molecule has 0 aliphatic carbocycles. The Kier molecular flexibility index (Phi) is 4.62. The van der Waals surface area contributed by atoms with Gasteiger partial charge in [0.25, 0.3) is 0 Å². The van der Waals surface area contributed by atoms with Crippen molar-refractivity contribution in [2.45, 2.75) is 18.6 Å². The van der Waals surface area contributed by atoms with Crippen LogP contribution in [-0.2, 0) is 11.2 Å². The molecule has 110 valence electrons. The van der Waals surface area contributed by atoms with Crippen molar-refractivity contribution in [1.29, 1.82) is 0 Å². The second-order valence-corrected chi connectivity index (χ2v) is 5.68. The molecule has 0 saturated carbocycles. The van der Waals surface area contributed by atoms with Gasteiger partial charge in [0.05, 0.1) is 18.6 Å². The first kappa shape index (κ1) is 15.2. The van der Waals surface area contributed by atoms with Crippen LogP contribution in [0.1, 0.15) is 5.56 Å². The lowest BCUT2D eigenvalue weighted by Gasteiger charge is -2.21. The van der Waals surface area contributed by atoms with Crippen LogP contribution in [0.15, 0.2) is 18.2 Å². The lowest BCUT2D eigenvalue weighted by Crippen LogP contribution is -2.38. The molecule has 0 spiro atoms. The van der Waals surface area contributed by atoms with E-state index in [1.54, 1.807) is 11.0 Å². The largest absolute Gasteiger partial charge is 0.390 e. The van der Waals surface area contributed by atoms with Crippen LogP contribution in [0.4, 0.5) is 4.39 Å². The number of hydrogen-bond acceptors (Lipinski definition) is 3.